The molecule has 0 unspecified atom stereocenters. The van der Waals surface area contributed by atoms with Gasteiger partial charge in [0.1, 0.15) is 17.3 Å². The first-order chi connectivity index (χ1) is 16.2. The molecule has 0 aliphatic heterocycles. The Morgan fingerprint density at radius 3 is 1.79 bits per heavy atom. The van der Waals surface area contributed by atoms with Crippen molar-refractivity contribution in [2.45, 2.75) is 32.1 Å². The molecule has 1 fully saturated rings. The Morgan fingerprint density at radius 2 is 1.18 bits per heavy atom. The van der Waals surface area contributed by atoms with Crippen molar-refractivity contribution in [1.82, 2.24) is 0 Å². The van der Waals surface area contributed by atoms with Crippen LogP contribution in [0, 0.1) is 0 Å². The van der Waals surface area contributed by atoms with E-state index in [4.69, 9.17) is 9.47 Å². The normalized spacial score (nSPS) is 14.3. The number of benzene rings is 4. The van der Waals surface area contributed by atoms with Crippen LogP contribution in [0.5, 0.6) is 11.5 Å². The van der Waals surface area contributed by atoms with Gasteiger partial charge in [0.05, 0.1) is 6.08 Å². The lowest BCUT2D eigenvalue weighted by Crippen LogP contribution is -2.07. The largest absolute Gasteiger partial charge is 0.457 e. The maximum Gasteiger partial charge on any atom is 0.339 e. The second kappa shape index (κ2) is 9.74. The van der Waals surface area contributed by atoms with E-state index in [0.29, 0.717) is 17.3 Å². The van der Waals surface area contributed by atoms with Crippen LogP contribution in [-0.4, -0.2) is 5.97 Å². The van der Waals surface area contributed by atoms with E-state index >= 15 is 0 Å². The fraction of sp³-hybridized carbons (Fsp3) is 0.167. The van der Waals surface area contributed by atoms with Crippen LogP contribution in [0.15, 0.2) is 108 Å². The number of carbonyl (C=O) groups is 1. The minimum atomic E-state index is -0.450. The summed E-state index contributed by atoms with van der Waals surface area (Å²) < 4.78 is 11.8. The molecule has 1 saturated carbocycles. The monoisotopic (exact) mass is 434 g/mol. The van der Waals surface area contributed by atoms with Gasteiger partial charge in [-0.2, -0.15) is 0 Å². The van der Waals surface area contributed by atoms with Crippen molar-refractivity contribution in [3.63, 3.8) is 0 Å². The van der Waals surface area contributed by atoms with Gasteiger partial charge in [-0.3, -0.25) is 0 Å². The van der Waals surface area contributed by atoms with Crippen molar-refractivity contribution >= 4 is 27.5 Å². The molecule has 0 spiro atoms. The molecule has 0 aromatic heterocycles. The first kappa shape index (κ1) is 21.0. The van der Waals surface area contributed by atoms with Crippen LogP contribution in [0.2, 0.25) is 0 Å². The highest BCUT2D eigenvalue weighted by atomic mass is 16.5. The maximum absolute atomic E-state index is 12.8. The van der Waals surface area contributed by atoms with Crippen molar-refractivity contribution in [1.29, 1.82) is 0 Å². The minimum absolute atomic E-state index is 0.450. The fourth-order valence-corrected chi connectivity index (χ4v) is 4.31. The van der Waals surface area contributed by atoms with E-state index in [2.05, 4.69) is 12.1 Å². The van der Waals surface area contributed by atoms with Crippen molar-refractivity contribution in [3.05, 3.63) is 108 Å². The number of allylic oxidation sites excluding steroid dienone is 2. The highest BCUT2D eigenvalue weighted by Crippen LogP contribution is 2.27. The molecule has 0 amide bonds. The summed E-state index contributed by atoms with van der Waals surface area (Å²) in [5, 5.41) is 4.38. The molecule has 0 N–H and O–H groups in total. The first-order valence-electron chi connectivity index (χ1n) is 11.5. The van der Waals surface area contributed by atoms with Gasteiger partial charge in [-0.05, 0) is 77.6 Å². The zero-order valence-electron chi connectivity index (χ0n) is 18.5. The van der Waals surface area contributed by atoms with Crippen LogP contribution >= 0.6 is 0 Å². The van der Waals surface area contributed by atoms with Gasteiger partial charge in [0.25, 0.3) is 0 Å². The SMILES string of the molecule is O=C(/C=C(\C=C1CCCCC1)Oc1ccc2ccccc2c1)Oc1ccc2ccccc2c1. The summed E-state index contributed by atoms with van der Waals surface area (Å²) in [4.78, 5) is 12.8. The maximum atomic E-state index is 12.8. The Hall–Kier alpha value is -3.85. The highest BCUT2D eigenvalue weighted by Gasteiger charge is 2.11. The third-order valence-corrected chi connectivity index (χ3v) is 6.00. The van der Waals surface area contributed by atoms with Gasteiger partial charge >= 0.3 is 5.97 Å². The zero-order valence-corrected chi connectivity index (χ0v) is 18.5. The predicted molar refractivity (Wildman–Crippen MR) is 133 cm³/mol. The molecule has 33 heavy (non-hydrogen) atoms. The summed E-state index contributed by atoms with van der Waals surface area (Å²) in [6.07, 6.45) is 9.15. The molecule has 3 nitrogen and oxygen atoms in total. The van der Waals surface area contributed by atoms with Gasteiger partial charge in [-0.15, -0.1) is 0 Å². The quantitative estimate of drug-likeness (QED) is 0.139. The molecule has 1 aliphatic carbocycles. The summed E-state index contributed by atoms with van der Waals surface area (Å²) in [5.74, 6) is 1.28. The Balaban J connectivity index is 1.41. The fourth-order valence-electron chi connectivity index (χ4n) is 4.31. The summed E-state index contributed by atoms with van der Waals surface area (Å²) >= 11 is 0. The number of fused-ring (bicyclic) bond motifs is 2. The predicted octanol–water partition coefficient (Wildman–Crippen LogP) is 7.75. The van der Waals surface area contributed by atoms with Gasteiger partial charge in [0.15, 0.2) is 0 Å². The number of rotatable bonds is 5. The van der Waals surface area contributed by atoms with Crippen molar-refractivity contribution in [2.24, 2.45) is 0 Å². The lowest BCUT2D eigenvalue weighted by atomic mass is 9.94. The summed E-state index contributed by atoms with van der Waals surface area (Å²) in [5.41, 5.74) is 1.31. The van der Waals surface area contributed by atoms with E-state index in [1.165, 1.54) is 30.9 Å². The molecule has 4 aromatic rings. The molecule has 0 saturated heterocycles. The standard InChI is InChI=1S/C30H26O3/c31-30(33-28-17-15-24-11-5-7-13-26(24)20-28)21-29(18-22-8-2-1-3-9-22)32-27-16-14-23-10-4-6-12-25(23)19-27/h4-7,10-21H,1-3,8-9H2/b29-21+. The Kier molecular flexibility index (Phi) is 6.21. The lowest BCUT2D eigenvalue weighted by Gasteiger charge is -2.15. The summed E-state index contributed by atoms with van der Waals surface area (Å²) in [6, 6.07) is 27.8. The topological polar surface area (TPSA) is 35.5 Å². The molecule has 3 heteroatoms. The highest BCUT2D eigenvalue weighted by molar-refractivity contribution is 5.88. The molecule has 0 radical (unpaired) electrons. The lowest BCUT2D eigenvalue weighted by molar-refractivity contribution is -0.129. The number of ether oxygens (including phenoxy) is 2. The molecule has 0 bridgehead atoms. The average Bonchev–Trinajstić information content (AvgIpc) is 2.84. The van der Waals surface area contributed by atoms with Crippen molar-refractivity contribution in [2.75, 3.05) is 0 Å². The smallest absolute Gasteiger partial charge is 0.339 e. The van der Waals surface area contributed by atoms with E-state index in [0.717, 1.165) is 34.4 Å². The van der Waals surface area contributed by atoms with E-state index < -0.39 is 5.97 Å². The molecule has 1 aliphatic rings. The molecule has 0 atom stereocenters. The molecule has 4 aromatic carbocycles. The Bertz CT molecular complexity index is 1360. The number of esters is 1. The second-order valence-electron chi connectivity index (χ2n) is 8.45. The van der Waals surface area contributed by atoms with Gasteiger partial charge in [0.2, 0.25) is 0 Å². The third kappa shape index (κ3) is 5.32. The molecule has 5 rings (SSSR count). The van der Waals surface area contributed by atoms with Crippen molar-refractivity contribution in [3.8, 4) is 11.5 Å². The molecule has 0 heterocycles. The van der Waals surface area contributed by atoms with Crippen LogP contribution in [0.1, 0.15) is 32.1 Å². The molecular formula is C30H26O3. The van der Waals surface area contributed by atoms with Crippen molar-refractivity contribution < 1.29 is 14.3 Å². The van der Waals surface area contributed by atoms with Crippen LogP contribution in [0.3, 0.4) is 0 Å². The van der Waals surface area contributed by atoms with Gasteiger partial charge in [-0.25, -0.2) is 4.79 Å². The second-order valence-corrected chi connectivity index (χ2v) is 8.45. The van der Waals surface area contributed by atoms with Crippen LogP contribution in [0.4, 0.5) is 0 Å². The van der Waals surface area contributed by atoms with E-state index in [1.54, 1.807) is 0 Å². The van der Waals surface area contributed by atoms with Crippen LogP contribution < -0.4 is 9.47 Å². The Labute approximate surface area is 194 Å². The van der Waals surface area contributed by atoms with Gasteiger partial charge in [0, 0.05) is 0 Å². The van der Waals surface area contributed by atoms with E-state index in [9.17, 15) is 4.79 Å². The molecule has 164 valence electrons. The van der Waals surface area contributed by atoms with Crippen LogP contribution in [-0.2, 0) is 4.79 Å². The molecular weight excluding hydrogens is 408 g/mol. The Morgan fingerprint density at radius 1 is 0.636 bits per heavy atom. The number of hydrogen-bond acceptors (Lipinski definition) is 3. The summed E-state index contributed by atoms with van der Waals surface area (Å²) in [7, 11) is 0. The minimum Gasteiger partial charge on any atom is -0.457 e. The number of carbonyl (C=O) groups excluding carboxylic acids is 1. The first-order valence-corrected chi connectivity index (χ1v) is 11.5. The third-order valence-electron chi connectivity index (χ3n) is 6.00. The average molecular weight is 435 g/mol. The van der Waals surface area contributed by atoms with E-state index in [1.807, 2.05) is 78.9 Å². The number of hydrogen-bond donors (Lipinski definition) is 0. The summed E-state index contributed by atoms with van der Waals surface area (Å²) in [6.45, 7) is 0. The zero-order chi connectivity index (χ0) is 22.5. The van der Waals surface area contributed by atoms with Gasteiger partial charge in [-0.1, -0.05) is 72.7 Å². The van der Waals surface area contributed by atoms with Gasteiger partial charge < -0.3 is 9.47 Å². The van der Waals surface area contributed by atoms with Crippen LogP contribution in [0.25, 0.3) is 21.5 Å². The van der Waals surface area contributed by atoms with E-state index in [-0.39, 0.29) is 0 Å².